The first-order valence-electron chi connectivity index (χ1n) is 9.09. The summed E-state index contributed by atoms with van der Waals surface area (Å²) in [4.78, 5) is 12.7. The van der Waals surface area contributed by atoms with Gasteiger partial charge < -0.3 is 5.32 Å². The fourth-order valence-corrected chi connectivity index (χ4v) is 4.94. The lowest BCUT2D eigenvalue weighted by atomic mass is 9.95. The van der Waals surface area contributed by atoms with E-state index in [0.29, 0.717) is 10.7 Å². The molecule has 0 unspecified atom stereocenters. The van der Waals surface area contributed by atoms with Gasteiger partial charge in [0.2, 0.25) is 5.91 Å². The lowest BCUT2D eigenvalue weighted by molar-refractivity contribution is -0.120. The van der Waals surface area contributed by atoms with Crippen LogP contribution >= 0.6 is 11.6 Å². The molecule has 0 aliphatic heterocycles. The van der Waals surface area contributed by atoms with Crippen molar-refractivity contribution in [2.24, 2.45) is 0 Å². The third-order valence-corrected chi connectivity index (χ3v) is 6.71. The van der Waals surface area contributed by atoms with Crippen LogP contribution in [-0.2, 0) is 14.8 Å². The Labute approximate surface area is 165 Å². The molecule has 7 heteroatoms. The molecular formula is C20H23ClN2O3S. The standard InChI is InChI=1S/C20H23ClN2O3S/c21-16-8-7-11-18(14-16)23(27(25,26)19-12-5-2-6-13-19)15-20(24)22-17-9-3-1-4-10-17/h2,5-8,11-14,17H,1,3-4,9-10,15H2,(H,22,24). The van der Waals surface area contributed by atoms with Crippen LogP contribution in [0.3, 0.4) is 0 Å². The zero-order valence-corrected chi connectivity index (χ0v) is 16.5. The zero-order valence-electron chi connectivity index (χ0n) is 15.0. The van der Waals surface area contributed by atoms with Crippen molar-refractivity contribution in [1.29, 1.82) is 0 Å². The van der Waals surface area contributed by atoms with Crippen LogP contribution in [0.4, 0.5) is 5.69 Å². The number of anilines is 1. The van der Waals surface area contributed by atoms with Crippen molar-refractivity contribution in [3.63, 3.8) is 0 Å². The monoisotopic (exact) mass is 406 g/mol. The second kappa shape index (κ2) is 8.76. The third-order valence-electron chi connectivity index (χ3n) is 4.68. The van der Waals surface area contributed by atoms with Gasteiger partial charge >= 0.3 is 0 Å². The molecule has 1 aliphatic carbocycles. The Morgan fingerprint density at radius 1 is 1.04 bits per heavy atom. The van der Waals surface area contributed by atoms with Crippen LogP contribution in [-0.4, -0.2) is 26.9 Å². The lowest BCUT2D eigenvalue weighted by Gasteiger charge is -2.27. The summed E-state index contributed by atoms with van der Waals surface area (Å²) in [6.45, 7) is -0.284. The molecule has 0 spiro atoms. The molecule has 0 aromatic heterocycles. The summed E-state index contributed by atoms with van der Waals surface area (Å²) in [5.41, 5.74) is 0.366. The highest BCUT2D eigenvalue weighted by Gasteiger charge is 2.28. The van der Waals surface area contributed by atoms with E-state index in [2.05, 4.69) is 5.32 Å². The number of benzene rings is 2. The van der Waals surface area contributed by atoms with Crippen LogP contribution in [0.15, 0.2) is 59.5 Å². The number of halogens is 1. The summed E-state index contributed by atoms with van der Waals surface area (Å²) in [7, 11) is -3.89. The van der Waals surface area contributed by atoms with Gasteiger partial charge in [-0.15, -0.1) is 0 Å². The largest absolute Gasteiger partial charge is 0.352 e. The molecule has 1 amide bonds. The summed E-state index contributed by atoms with van der Waals surface area (Å²) < 4.78 is 27.5. The molecule has 144 valence electrons. The quantitative estimate of drug-likeness (QED) is 0.788. The second-order valence-corrected chi connectivity index (χ2v) is 9.01. The third kappa shape index (κ3) is 5.02. The molecule has 0 bridgehead atoms. The van der Waals surface area contributed by atoms with Gasteiger partial charge in [-0.25, -0.2) is 8.42 Å². The number of sulfonamides is 1. The van der Waals surface area contributed by atoms with Gasteiger partial charge in [0.25, 0.3) is 10.0 Å². The van der Waals surface area contributed by atoms with Crippen molar-refractivity contribution in [2.45, 2.75) is 43.0 Å². The number of hydrogen-bond acceptors (Lipinski definition) is 3. The molecule has 0 saturated heterocycles. The molecule has 1 N–H and O–H groups in total. The molecule has 0 heterocycles. The van der Waals surface area contributed by atoms with Gasteiger partial charge in [-0.3, -0.25) is 9.10 Å². The van der Waals surface area contributed by atoms with Crippen LogP contribution in [0.1, 0.15) is 32.1 Å². The number of nitrogens with one attached hydrogen (secondary N) is 1. The molecule has 5 nitrogen and oxygen atoms in total. The van der Waals surface area contributed by atoms with E-state index < -0.39 is 10.0 Å². The van der Waals surface area contributed by atoms with Gasteiger partial charge in [0.15, 0.2) is 0 Å². The van der Waals surface area contributed by atoms with Crippen LogP contribution in [0.25, 0.3) is 0 Å². The van der Waals surface area contributed by atoms with E-state index in [1.807, 2.05) is 0 Å². The minimum Gasteiger partial charge on any atom is -0.352 e. The van der Waals surface area contributed by atoms with Gasteiger partial charge in [0, 0.05) is 11.1 Å². The first-order chi connectivity index (χ1) is 13.0. The molecule has 0 radical (unpaired) electrons. The molecule has 27 heavy (non-hydrogen) atoms. The number of nitrogens with zero attached hydrogens (tertiary/aromatic N) is 1. The minimum absolute atomic E-state index is 0.117. The summed E-state index contributed by atoms with van der Waals surface area (Å²) >= 11 is 6.06. The topological polar surface area (TPSA) is 66.5 Å². The Kier molecular flexibility index (Phi) is 6.39. The summed E-state index contributed by atoms with van der Waals surface area (Å²) in [5, 5.41) is 3.39. The number of carbonyl (C=O) groups excluding carboxylic acids is 1. The predicted octanol–water partition coefficient (Wildman–Crippen LogP) is 3.98. The summed E-state index contributed by atoms with van der Waals surface area (Å²) in [5.74, 6) is -0.304. The van der Waals surface area contributed by atoms with Crippen molar-refractivity contribution in [2.75, 3.05) is 10.8 Å². The molecular weight excluding hydrogens is 384 g/mol. The van der Waals surface area contributed by atoms with Gasteiger partial charge in [-0.1, -0.05) is 55.1 Å². The smallest absolute Gasteiger partial charge is 0.264 e. The van der Waals surface area contributed by atoms with Gasteiger partial charge in [0.05, 0.1) is 10.6 Å². The van der Waals surface area contributed by atoms with Crippen LogP contribution in [0.2, 0.25) is 5.02 Å². The Balaban J connectivity index is 1.87. The number of carbonyl (C=O) groups is 1. The maximum atomic E-state index is 13.2. The fourth-order valence-electron chi connectivity index (χ4n) is 3.32. The van der Waals surface area contributed by atoms with Gasteiger partial charge in [-0.2, -0.15) is 0 Å². The van der Waals surface area contributed by atoms with Gasteiger partial charge in [-0.05, 0) is 43.2 Å². The first kappa shape index (κ1) is 19.7. The van der Waals surface area contributed by atoms with Crippen molar-refractivity contribution in [1.82, 2.24) is 5.32 Å². The molecule has 1 aliphatic rings. The van der Waals surface area contributed by atoms with E-state index in [1.54, 1.807) is 42.5 Å². The van der Waals surface area contributed by atoms with E-state index in [-0.39, 0.29) is 23.4 Å². The SMILES string of the molecule is O=C(CN(c1cccc(Cl)c1)S(=O)(=O)c1ccccc1)NC1CCCCC1. The first-order valence-corrected chi connectivity index (χ1v) is 10.9. The molecule has 0 atom stereocenters. The number of amides is 1. The molecule has 1 saturated carbocycles. The van der Waals surface area contributed by atoms with Crippen molar-refractivity contribution in [3.05, 3.63) is 59.6 Å². The van der Waals surface area contributed by atoms with Crippen LogP contribution in [0.5, 0.6) is 0 Å². The van der Waals surface area contributed by atoms with Gasteiger partial charge in [0.1, 0.15) is 6.54 Å². The van der Waals surface area contributed by atoms with E-state index >= 15 is 0 Å². The Hall–Kier alpha value is -2.05. The molecule has 3 rings (SSSR count). The normalized spacial score (nSPS) is 15.3. The highest BCUT2D eigenvalue weighted by atomic mass is 35.5. The molecule has 1 fully saturated rings. The average molecular weight is 407 g/mol. The summed E-state index contributed by atoms with van der Waals surface area (Å²) in [6, 6.07) is 14.7. The number of rotatable bonds is 6. The maximum absolute atomic E-state index is 13.2. The molecule has 2 aromatic rings. The molecule has 2 aromatic carbocycles. The van der Waals surface area contributed by atoms with Crippen molar-refractivity contribution >= 4 is 33.2 Å². The summed E-state index contributed by atoms with van der Waals surface area (Å²) in [6.07, 6.45) is 5.24. The Morgan fingerprint density at radius 3 is 2.41 bits per heavy atom. The van der Waals surface area contributed by atoms with E-state index in [0.717, 1.165) is 30.0 Å². The van der Waals surface area contributed by atoms with Crippen LogP contribution in [0, 0.1) is 0 Å². The number of hydrogen-bond donors (Lipinski definition) is 1. The van der Waals surface area contributed by atoms with Crippen molar-refractivity contribution in [3.8, 4) is 0 Å². The second-order valence-electron chi connectivity index (χ2n) is 6.71. The van der Waals surface area contributed by atoms with Crippen LogP contribution < -0.4 is 9.62 Å². The Bertz CT molecular complexity index is 881. The van der Waals surface area contributed by atoms with Crippen molar-refractivity contribution < 1.29 is 13.2 Å². The average Bonchev–Trinajstić information content (AvgIpc) is 2.67. The fraction of sp³-hybridized carbons (Fsp3) is 0.350. The highest BCUT2D eigenvalue weighted by Crippen LogP contribution is 2.26. The van der Waals surface area contributed by atoms with E-state index in [1.165, 1.54) is 18.6 Å². The minimum atomic E-state index is -3.89. The van der Waals surface area contributed by atoms with E-state index in [9.17, 15) is 13.2 Å². The highest BCUT2D eigenvalue weighted by molar-refractivity contribution is 7.92. The zero-order chi connectivity index (χ0) is 19.3. The lowest BCUT2D eigenvalue weighted by Crippen LogP contribution is -2.44. The maximum Gasteiger partial charge on any atom is 0.264 e. The predicted molar refractivity (Wildman–Crippen MR) is 107 cm³/mol. The Morgan fingerprint density at radius 2 is 1.74 bits per heavy atom. The van der Waals surface area contributed by atoms with E-state index in [4.69, 9.17) is 11.6 Å².